The standard InChI is InChI=1S/C19H22N2O4.C9H9F3N2/c22-17-9-8-16(18(23)20-17)21-11-12-10-14(6-7-15(12)19(21)24)25-13-4-2-1-3-5-13;10-9(11,12)7-1-2-8(14-5-7)6-3-13-4-6/h6-7,10,13,16H,1-5,8-9,11H2,(H,20,22,23);1-2,5-6,13H,3-4H2. The van der Waals surface area contributed by atoms with Crippen LogP contribution in [0.15, 0.2) is 36.5 Å². The van der Waals surface area contributed by atoms with E-state index >= 15 is 0 Å². The van der Waals surface area contributed by atoms with Crippen LogP contribution in [0.2, 0.25) is 0 Å². The van der Waals surface area contributed by atoms with Crippen molar-refractivity contribution in [3.05, 3.63) is 58.9 Å². The number of fused-ring (bicyclic) bond motifs is 1. The number of hydrogen-bond donors (Lipinski definition) is 2. The molecule has 1 saturated carbocycles. The van der Waals surface area contributed by atoms with Gasteiger partial charge in [0.1, 0.15) is 11.8 Å². The van der Waals surface area contributed by atoms with Crippen LogP contribution in [0.25, 0.3) is 0 Å². The number of benzene rings is 1. The molecule has 2 aromatic rings. The summed E-state index contributed by atoms with van der Waals surface area (Å²) in [6, 6.07) is 7.53. The van der Waals surface area contributed by atoms with Gasteiger partial charge in [-0.3, -0.25) is 24.7 Å². The minimum absolute atomic E-state index is 0.145. The fourth-order valence-electron chi connectivity index (χ4n) is 5.31. The highest BCUT2D eigenvalue weighted by Crippen LogP contribution is 2.32. The van der Waals surface area contributed by atoms with Gasteiger partial charge in [0.15, 0.2) is 0 Å². The van der Waals surface area contributed by atoms with E-state index in [1.807, 2.05) is 12.1 Å². The first-order chi connectivity index (χ1) is 18.7. The van der Waals surface area contributed by atoms with E-state index < -0.39 is 17.8 Å². The summed E-state index contributed by atoms with van der Waals surface area (Å²) in [7, 11) is 0. The number of nitrogens with zero attached hydrogens (tertiary/aromatic N) is 2. The van der Waals surface area contributed by atoms with Crippen molar-refractivity contribution in [2.24, 2.45) is 0 Å². The Morgan fingerprint density at radius 1 is 0.974 bits per heavy atom. The van der Waals surface area contributed by atoms with Crippen LogP contribution in [0.3, 0.4) is 0 Å². The minimum atomic E-state index is -4.29. The molecule has 0 radical (unpaired) electrons. The summed E-state index contributed by atoms with van der Waals surface area (Å²) in [5, 5.41) is 5.37. The zero-order valence-corrected chi connectivity index (χ0v) is 21.4. The van der Waals surface area contributed by atoms with E-state index in [1.165, 1.54) is 25.3 Å². The second-order valence-corrected chi connectivity index (χ2v) is 10.4. The number of ether oxygens (including phenoxy) is 1. The fourth-order valence-corrected chi connectivity index (χ4v) is 5.31. The van der Waals surface area contributed by atoms with Gasteiger partial charge in [0.05, 0.1) is 11.7 Å². The molecule has 39 heavy (non-hydrogen) atoms. The number of amides is 3. The van der Waals surface area contributed by atoms with Crippen LogP contribution in [-0.2, 0) is 22.3 Å². The van der Waals surface area contributed by atoms with E-state index in [2.05, 4.69) is 15.6 Å². The molecule has 208 valence electrons. The van der Waals surface area contributed by atoms with E-state index in [-0.39, 0.29) is 36.2 Å². The number of nitrogens with one attached hydrogen (secondary N) is 2. The SMILES string of the molecule is FC(F)(F)c1ccc(C2CNC2)nc1.O=C1CCC(N2Cc3cc(OC4CCCCC4)ccc3C2=O)C(=O)N1. The Balaban J connectivity index is 0.000000186. The monoisotopic (exact) mass is 544 g/mol. The second kappa shape index (κ2) is 11.3. The highest BCUT2D eigenvalue weighted by molar-refractivity contribution is 6.05. The Kier molecular flexibility index (Phi) is 7.88. The Hall–Kier alpha value is -3.47. The highest BCUT2D eigenvalue weighted by atomic mass is 19.4. The normalized spacial score (nSPS) is 22.0. The molecule has 3 fully saturated rings. The van der Waals surface area contributed by atoms with Crippen LogP contribution in [-0.4, -0.2) is 52.8 Å². The molecule has 0 spiro atoms. The third kappa shape index (κ3) is 6.24. The first kappa shape index (κ1) is 27.1. The second-order valence-electron chi connectivity index (χ2n) is 10.4. The summed E-state index contributed by atoms with van der Waals surface area (Å²) in [5.74, 6) is 0.277. The Morgan fingerprint density at radius 3 is 2.36 bits per heavy atom. The van der Waals surface area contributed by atoms with Crippen LogP contribution in [0.5, 0.6) is 5.75 Å². The van der Waals surface area contributed by atoms with Crippen molar-refractivity contribution in [1.82, 2.24) is 20.5 Å². The van der Waals surface area contributed by atoms with Gasteiger partial charge in [0.25, 0.3) is 5.91 Å². The number of aromatic nitrogens is 1. The largest absolute Gasteiger partial charge is 0.490 e. The number of carbonyl (C=O) groups is 3. The zero-order valence-electron chi connectivity index (χ0n) is 21.4. The summed E-state index contributed by atoms with van der Waals surface area (Å²) >= 11 is 0. The summed E-state index contributed by atoms with van der Waals surface area (Å²) in [5.41, 5.74) is 1.56. The molecule has 1 atom stereocenters. The van der Waals surface area contributed by atoms with E-state index in [0.29, 0.717) is 18.5 Å². The van der Waals surface area contributed by atoms with Crippen LogP contribution in [0.4, 0.5) is 13.2 Å². The molecule has 4 aliphatic rings. The Labute approximate surface area is 224 Å². The number of hydrogen-bond acceptors (Lipinski definition) is 6. The van der Waals surface area contributed by atoms with E-state index in [0.717, 1.165) is 55.2 Å². The number of carbonyl (C=O) groups excluding carboxylic acids is 3. The average Bonchev–Trinajstić information content (AvgIpc) is 3.19. The zero-order chi connectivity index (χ0) is 27.6. The van der Waals surface area contributed by atoms with Gasteiger partial charge in [0, 0.05) is 49.4 Å². The molecule has 1 unspecified atom stereocenters. The van der Waals surface area contributed by atoms with E-state index in [4.69, 9.17) is 4.74 Å². The molecular weight excluding hydrogens is 513 g/mol. The molecule has 3 aliphatic heterocycles. The number of piperidine rings is 1. The van der Waals surface area contributed by atoms with E-state index in [1.54, 1.807) is 11.0 Å². The third-order valence-electron chi connectivity index (χ3n) is 7.66. The van der Waals surface area contributed by atoms with Crippen molar-refractivity contribution in [1.29, 1.82) is 0 Å². The summed E-state index contributed by atoms with van der Waals surface area (Å²) in [6.45, 7) is 2.00. The maximum Gasteiger partial charge on any atom is 0.417 e. The third-order valence-corrected chi connectivity index (χ3v) is 7.66. The summed E-state index contributed by atoms with van der Waals surface area (Å²) < 4.78 is 42.6. The van der Waals surface area contributed by atoms with Gasteiger partial charge in [-0.2, -0.15) is 13.2 Å². The molecular formula is C28H31F3N4O4. The molecule has 1 aliphatic carbocycles. The number of pyridine rings is 1. The van der Waals surface area contributed by atoms with Crippen molar-refractivity contribution >= 4 is 17.7 Å². The minimum Gasteiger partial charge on any atom is -0.490 e. The molecule has 1 aromatic carbocycles. The molecule has 2 saturated heterocycles. The molecule has 4 heterocycles. The topological polar surface area (TPSA) is 101 Å². The van der Waals surface area contributed by atoms with Gasteiger partial charge in [-0.05, 0) is 68.0 Å². The Morgan fingerprint density at radius 2 is 1.74 bits per heavy atom. The smallest absolute Gasteiger partial charge is 0.417 e. The molecule has 8 nitrogen and oxygen atoms in total. The maximum atomic E-state index is 12.6. The maximum absolute atomic E-state index is 12.6. The van der Waals surface area contributed by atoms with Gasteiger partial charge in [0.2, 0.25) is 11.8 Å². The van der Waals surface area contributed by atoms with Crippen LogP contribution in [0, 0.1) is 0 Å². The van der Waals surface area contributed by atoms with Gasteiger partial charge in [-0.15, -0.1) is 0 Å². The van der Waals surface area contributed by atoms with Gasteiger partial charge >= 0.3 is 6.18 Å². The van der Waals surface area contributed by atoms with Gasteiger partial charge in [-0.1, -0.05) is 6.42 Å². The van der Waals surface area contributed by atoms with Gasteiger partial charge in [-0.25, -0.2) is 0 Å². The predicted molar refractivity (Wildman–Crippen MR) is 135 cm³/mol. The van der Waals surface area contributed by atoms with Crippen molar-refractivity contribution in [3.8, 4) is 5.75 Å². The lowest BCUT2D eigenvalue weighted by Crippen LogP contribution is -2.52. The summed E-state index contributed by atoms with van der Waals surface area (Å²) in [6.07, 6.45) is 3.37. The van der Waals surface area contributed by atoms with Crippen molar-refractivity contribution in [2.75, 3.05) is 13.1 Å². The lowest BCUT2D eigenvalue weighted by atomic mass is 9.98. The first-order valence-corrected chi connectivity index (χ1v) is 13.4. The molecule has 3 amide bonds. The molecule has 0 bridgehead atoms. The number of rotatable bonds is 4. The van der Waals surface area contributed by atoms with Crippen LogP contribution >= 0.6 is 0 Å². The molecule has 1 aromatic heterocycles. The van der Waals surface area contributed by atoms with Crippen molar-refractivity contribution in [3.63, 3.8) is 0 Å². The first-order valence-electron chi connectivity index (χ1n) is 13.4. The lowest BCUT2D eigenvalue weighted by Gasteiger charge is -2.29. The highest BCUT2D eigenvalue weighted by Gasteiger charge is 2.39. The molecule has 11 heteroatoms. The number of alkyl halides is 3. The molecule has 2 N–H and O–H groups in total. The predicted octanol–water partition coefficient (Wildman–Crippen LogP) is 3.95. The van der Waals surface area contributed by atoms with Crippen LogP contribution < -0.4 is 15.4 Å². The molecule has 6 rings (SSSR count). The number of halogens is 3. The Bertz CT molecular complexity index is 1220. The number of imide groups is 1. The summed E-state index contributed by atoms with van der Waals surface area (Å²) in [4.78, 5) is 41.4. The fraction of sp³-hybridized carbons (Fsp3) is 0.500. The van der Waals surface area contributed by atoms with Crippen molar-refractivity contribution in [2.45, 2.75) is 75.7 Å². The lowest BCUT2D eigenvalue weighted by molar-refractivity contribution is -0.138. The van der Waals surface area contributed by atoms with Crippen molar-refractivity contribution < 1.29 is 32.3 Å². The quantitative estimate of drug-likeness (QED) is 0.566. The van der Waals surface area contributed by atoms with Crippen LogP contribution in [0.1, 0.15) is 78.0 Å². The van der Waals surface area contributed by atoms with Gasteiger partial charge < -0.3 is 15.0 Å². The average molecular weight is 545 g/mol. The van der Waals surface area contributed by atoms with E-state index in [9.17, 15) is 27.6 Å².